The molecule has 0 aliphatic rings. The van der Waals surface area contributed by atoms with Crippen LogP contribution >= 0.6 is 0 Å². The molecule has 1 aromatic rings. The van der Waals surface area contributed by atoms with Crippen molar-refractivity contribution in [2.24, 2.45) is 0 Å². The number of ether oxygens (including phenoxy) is 2. The predicted molar refractivity (Wildman–Crippen MR) is 108 cm³/mol. The third kappa shape index (κ3) is 8.90. The number of carbonyl (C=O) groups excluding carboxylic acids is 1. The summed E-state index contributed by atoms with van der Waals surface area (Å²) in [6.45, 7) is 12.0. The number of amides is 1. The lowest BCUT2D eigenvalue weighted by molar-refractivity contribution is 0.0589. The summed E-state index contributed by atoms with van der Waals surface area (Å²) >= 11 is 0. The van der Waals surface area contributed by atoms with E-state index in [1.807, 2.05) is 51.1 Å². The highest BCUT2D eigenvalue weighted by Gasteiger charge is 2.20. The third-order valence-corrected chi connectivity index (χ3v) is 3.79. The van der Waals surface area contributed by atoms with Crippen molar-refractivity contribution >= 4 is 11.8 Å². The van der Waals surface area contributed by atoms with Crippen molar-refractivity contribution in [1.29, 1.82) is 0 Å². The quantitative estimate of drug-likeness (QED) is 0.446. The van der Waals surface area contributed by atoms with Gasteiger partial charge in [0.05, 0.1) is 6.61 Å². The molecule has 0 aromatic heterocycles. The first-order valence-electron chi connectivity index (χ1n) is 9.22. The molecular weight excluding hydrogens is 328 g/mol. The van der Waals surface area contributed by atoms with E-state index in [4.69, 9.17) is 9.47 Å². The lowest BCUT2D eigenvalue weighted by Gasteiger charge is -2.24. The average molecular weight is 363 g/mol. The van der Waals surface area contributed by atoms with Crippen LogP contribution in [0.4, 0.5) is 10.5 Å². The Balaban J connectivity index is 2.32. The number of anilines is 1. The maximum atomic E-state index is 12.1. The van der Waals surface area contributed by atoms with Crippen molar-refractivity contribution in [3.05, 3.63) is 36.9 Å². The largest absolute Gasteiger partial charge is 0.494 e. The van der Waals surface area contributed by atoms with Crippen molar-refractivity contribution < 1.29 is 14.3 Å². The molecule has 0 heterocycles. The van der Waals surface area contributed by atoms with E-state index in [0.717, 1.165) is 43.8 Å². The van der Waals surface area contributed by atoms with E-state index in [1.54, 1.807) is 7.05 Å². The van der Waals surface area contributed by atoms with Gasteiger partial charge in [0.1, 0.15) is 11.4 Å². The van der Waals surface area contributed by atoms with Gasteiger partial charge < -0.3 is 14.4 Å². The third-order valence-electron chi connectivity index (χ3n) is 3.79. The van der Waals surface area contributed by atoms with Crippen LogP contribution in [0.15, 0.2) is 36.9 Å². The minimum atomic E-state index is -0.505. The summed E-state index contributed by atoms with van der Waals surface area (Å²) in [6, 6.07) is 7.50. The van der Waals surface area contributed by atoms with Crippen LogP contribution in [0.3, 0.4) is 0 Å². The van der Waals surface area contributed by atoms with Crippen LogP contribution < -0.4 is 9.64 Å². The monoisotopic (exact) mass is 362 g/mol. The summed E-state index contributed by atoms with van der Waals surface area (Å²) in [5, 5.41) is 0. The predicted octanol–water partition coefficient (Wildman–Crippen LogP) is 4.72. The highest BCUT2D eigenvalue weighted by Crippen LogP contribution is 2.20. The minimum absolute atomic E-state index is 0.368. The van der Waals surface area contributed by atoms with Crippen LogP contribution in [0, 0.1) is 0 Å². The standard InChI is InChI=1S/C21H34N2O3/c1-7-15-22(5)16-9-8-10-17-25-19-13-11-18(12-14-19)23(6)20(24)26-21(2,3)4/h7,11-14H,1,8-10,15-17H2,2-6H3. The Morgan fingerprint density at radius 1 is 1.12 bits per heavy atom. The molecule has 0 aliphatic heterocycles. The fourth-order valence-electron chi connectivity index (χ4n) is 2.36. The summed E-state index contributed by atoms with van der Waals surface area (Å²) in [5.74, 6) is 0.815. The van der Waals surface area contributed by atoms with Crippen molar-refractivity contribution in [2.75, 3.05) is 38.7 Å². The summed E-state index contributed by atoms with van der Waals surface area (Å²) in [6.07, 6.45) is 4.88. The van der Waals surface area contributed by atoms with E-state index in [2.05, 4.69) is 18.5 Å². The van der Waals surface area contributed by atoms with Gasteiger partial charge >= 0.3 is 6.09 Å². The molecule has 1 amide bonds. The number of unbranched alkanes of at least 4 members (excludes halogenated alkanes) is 2. The number of hydrogen-bond donors (Lipinski definition) is 0. The first-order valence-corrected chi connectivity index (χ1v) is 9.22. The first-order chi connectivity index (χ1) is 12.2. The molecule has 0 unspecified atom stereocenters. The molecule has 5 nitrogen and oxygen atoms in total. The van der Waals surface area contributed by atoms with Crippen LogP contribution in [-0.4, -0.2) is 50.4 Å². The molecular formula is C21H34N2O3. The normalized spacial score (nSPS) is 11.3. The smallest absolute Gasteiger partial charge is 0.414 e. The van der Waals surface area contributed by atoms with Crippen LogP contribution in [0.2, 0.25) is 0 Å². The van der Waals surface area contributed by atoms with E-state index >= 15 is 0 Å². The van der Waals surface area contributed by atoms with Gasteiger partial charge in [-0.05, 0) is 77.9 Å². The number of hydrogen-bond acceptors (Lipinski definition) is 4. The van der Waals surface area contributed by atoms with Crippen LogP contribution in [0.25, 0.3) is 0 Å². The summed E-state index contributed by atoms with van der Waals surface area (Å²) in [5.41, 5.74) is 0.270. The molecule has 0 aliphatic carbocycles. The molecule has 26 heavy (non-hydrogen) atoms. The lowest BCUT2D eigenvalue weighted by Crippen LogP contribution is -2.34. The zero-order valence-corrected chi connectivity index (χ0v) is 17.0. The second-order valence-corrected chi connectivity index (χ2v) is 7.49. The minimum Gasteiger partial charge on any atom is -0.494 e. The number of benzene rings is 1. The van der Waals surface area contributed by atoms with Gasteiger partial charge in [-0.25, -0.2) is 4.79 Å². The first kappa shape index (κ1) is 22.0. The number of nitrogens with zero attached hydrogens (tertiary/aromatic N) is 2. The molecule has 1 aromatic carbocycles. The van der Waals surface area contributed by atoms with Crippen molar-refractivity contribution in [2.45, 2.75) is 45.6 Å². The van der Waals surface area contributed by atoms with Crippen molar-refractivity contribution in [3.63, 3.8) is 0 Å². The zero-order valence-electron chi connectivity index (χ0n) is 17.0. The van der Waals surface area contributed by atoms with Gasteiger partial charge in [0.25, 0.3) is 0 Å². The van der Waals surface area contributed by atoms with Gasteiger partial charge in [-0.1, -0.05) is 6.08 Å². The van der Waals surface area contributed by atoms with Crippen LogP contribution in [0.5, 0.6) is 5.75 Å². The van der Waals surface area contributed by atoms with Gasteiger partial charge in [0.15, 0.2) is 0 Å². The second kappa shape index (κ2) is 10.9. The Labute approximate surface area is 158 Å². The SMILES string of the molecule is C=CCN(C)CCCCCOc1ccc(N(C)C(=O)OC(C)(C)C)cc1. The fourth-order valence-corrected chi connectivity index (χ4v) is 2.36. The Bertz CT molecular complexity index is 549. The summed E-state index contributed by atoms with van der Waals surface area (Å²) in [7, 11) is 3.81. The van der Waals surface area contributed by atoms with Crippen LogP contribution in [0.1, 0.15) is 40.0 Å². The van der Waals surface area contributed by atoms with E-state index in [-0.39, 0.29) is 6.09 Å². The molecule has 1 rings (SSSR count). The molecule has 0 saturated carbocycles. The maximum Gasteiger partial charge on any atom is 0.414 e. The van der Waals surface area contributed by atoms with E-state index in [1.165, 1.54) is 4.90 Å². The molecule has 0 spiro atoms. The maximum absolute atomic E-state index is 12.1. The molecule has 0 bridgehead atoms. The van der Waals surface area contributed by atoms with Gasteiger partial charge in [0.2, 0.25) is 0 Å². The zero-order chi connectivity index (χ0) is 19.6. The molecule has 0 atom stereocenters. The van der Waals surface area contributed by atoms with E-state index in [9.17, 15) is 4.79 Å². The van der Waals surface area contributed by atoms with E-state index < -0.39 is 5.60 Å². The topological polar surface area (TPSA) is 42.0 Å². The molecule has 5 heteroatoms. The molecule has 0 N–H and O–H groups in total. The number of rotatable bonds is 10. The molecule has 0 radical (unpaired) electrons. The van der Waals surface area contributed by atoms with Gasteiger partial charge in [-0.2, -0.15) is 0 Å². The Morgan fingerprint density at radius 3 is 2.35 bits per heavy atom. The van der Waals surface area contributed by atoms with Gasteiger partial charge in [-0.3, -0.25) is 4.90 Å². The van der Waals surface area contributed by atoms with Crippen molar-refractivity contribution in [3.8, 4) is 5.75 Å². The summed E-state index contributed by atoms with van der Waals surface area (Å²) < 4.78 is 11.1. The van der Waals surface area contributed by atoms with Gasteiger partial charge in [0, 0.05) is 19.3 Å². The van der Waals surface area contributed by atoms with E-state index in [0.29, 0.717) is 6.61 Å². The molecule has 0 saturated heterocycles. The number of likely N-dealkylation sites (N-methyl/N-ethyl adjacent to an activating group) is 1. The Morgan fingerprint density at radius 2 is 1.77 bits per heavy atom. The second-order valence-electron chi connectivity index (χ2n) is 7.49. The number of carbonyl (C=O) groups is 1. The average Bonchev–Trinajstić information content (AvgIpc) is 2.56. The molecule has 146 valence electrons. The Kier molecular flexibility index (Phi) is 9.21. The molecule has 0 fully saturated rings. The highest BCUT2D eigenvalue weighted by molar-refractivity contribution is 5.87. The van der Waals surface area contributed by atoms with Gasteiger partial charge in [-0.15, -0.1) is 6.58 Å². The lowest BCUT2D eigenvalue weighted by atomic mass is 10.2. The highest BCUT2D eigenvalue weighted by atomic mass is 16.6. The summed E-state index contributed by atoms with van der Waals surface area (Å²) in [4.78, 5) is 15.8. The fraction of sp³-hybridized carbons (Fsp3) is 0.571. The van der Waals surface area contributed by atoms with Crippen molar-refractivity contribution in [1.82, 2.24) is 4.90 Å². The Hall–Kier alpha value is -2.01. The van der Waals surface area contributed by atoms with Crippen LogP contribution in [-0.2, 0) is 4.74 Å².